The first-order chi connectivity index (χ1) is 5.18. The van der Waals surface area contributed by atoms with Crippen molar-refractivity contribution in [2.45, 2.75) is 0 Å². The van der Waals surface area contributed by atoms with Gasteiger partial charge in [-0.2, -0.15) is 0 Å². The summed E-state index contributed by atoms with van der Waals surface area (Å²) in [4.78, 5) is 0. The molecular weight excluding hydrogens is 189 g/mol. The average Bonchev–Trinajstić information content (AvgIpc) is 1.88. The van der Waals surface area contributed by atoms with E-state index in [9.17, 15) is 0 Å². The maximum absolute atomic E-state index is 7.97. The fraction of sp³-hybridized carbons (Fsp3) is 0. The van der Waals surface area contributed by atoms with Crippen LogP contribution in [-0.2, 0) is 25.4 Å². The van der Waals surface area contributed by atoms with Crippen LogP contribution in [0.3, 0.4) is 0 Å². The summed E-state index contributed by atoms with van der Waals surface area (Å²) in [6.07, 6.45) is 3.51. The number of nitriles is 3. The van der Waals surface area contributed by atoms with Crippen LogP contribution in [0.1, 0.15) is 0 Å². The van der Waals surface area contributed by atoms with Crippen molar-refractivity contribution < 1.29 is 13.6 Å². The molecule has 0 bridgehead atoms. The monoisotopic (exact) mass is 189 g/mol. The van der Waals surface area contributed by atoms with Gasteiger partial charge >= 0.3 is 6.72 Å². The third-order valence-corrected chi connectivity index (χ3v) is 2.04. The van der Waals surface area contributed by atoms with E-state index in [1.54, 1.807) is 0 Å². The lowest BCUT2D eigenvalue weighted by atomic mass is 11.6. The van der Waals surface area contributed by atoms with Crippen LogP contribution >= 0.6 is 6.72 Å². The topological polar surface area (TPSA) is 99.1 Å². The zero-order valence-electron chi connectivity index (χ0n) is 4.92. The highest BCUT2D eigenvalue weighted by molar-refractivity contribution is 8.07. The van der Waals surface area contributed by atoms with Gasteiger partial charge in [0.05, 0.1) is 0 Å². The summed E-state index contributed by atoms with van der Waals surface area (Å²) < 4.78 is 12.2. The van der Waals surface area contributed by atoms with Crippen molar-refractivity contribution in [2.75, 3.05) is 0 Å². The minimum absolute atomic E-state index is 1.17. The highest BCUT2D eigenvalue weighted by Gasteiger charge is 2.24. The Morgan fingerprint density at radius 2 is 1.18 bits per heavy atom. The van der Waals surface area contributed by atoms with Crippen LogP contribution < -0.4 is 0 Å². The second-order valence-corrected chi connectivity index (χ2v) is 3.78. The summed E-state index contributed by atoms with van der Waals surface area (Å²) >= 11 is 4.38. The van der Waals surface area contributed by atoms with Gasteiger partial charge in [-0.15, -0.1) is 15.8 Å². The van der Waals surface area contributed by atoms with Gasteiger partial charge in [0.25, 0.3) is 18.8 Å². The van der Waals surface area contributed by atoms with E-state index in [0.29, 0.717) is 0 Å². The van der Waals surface area contributed by atoms with Gasteiger partial charge in [-0.3, -0.25) is 0 Å². The van der Waals surface area contributed by atoms with E-state index in [2.05, 4.69) is 25.4 Å². The molecule has 0 unspecified atom stereocenters. The highest BCUT2D eigenvalue weighted by atomic mass is 32.5. The Morgan fingerprint density at radius 3 is 1.36 bits per heavy atom. The quantitative estimate of drug-likeness (QED) is 0.475. The highest BCUT2D eigenvalue weighted by Crippen LogP contribution is 2.48. The standard InChI is InChI=1S/C3N3O3PS/c4-1-7-10(11,8-2-5)9-3-6. The Kier molecular flexibility index (Phi) is 3.77. The van der Waals surface area contributed by atoms with Crippen LogP contribution in [-0.4, -0.2) is 0 Å². The molecule has 56 valence electrons. The maximum Gasteiger partial charge on any atom is 0.520 e. The molecule has 0 saturated carbocycles. The number of hydrogen-bond acceptors (Lipinski definition) is 7. The van der Waals surface area contributed by atoms with Crippen LogP contribution in [0.5, 0.6) is 0 Å². The van der Waals surface area contributed by atoms with Crippen molar-refractivity contribution in [3.8, 4) is 18.8 Å². The van der Waals surface area contributed by atoms with Crippen molar-refractivity contribution >= 4 is 18.5 Å². The van der Waals surface area contributed by atoms with Crippen LogP contribution in [0.4, 0.5) is 0 Å². The largest absolute Gasteiger partial charge is 0.520 e. The molecule has 0 aliphatic heterocycles. The first-order valence-corrected chi connectivity index (χ1v) is 4.57. The third kappa shape index (κ3) is 3.27. The molecule has 0 radical (unpaired) electrons. The molecule has 0 saturated heterocycles. The molecule has 0 spiro atoms. The van der Waals surface area contributed by atoms with Gasteiger partial charge < -0.3 is 13.6 Å². The molecule has 11 heavy (non-hydrogen) atoms. The van der Waals surface area contributed by atoms with Crippen LogP contribution in [0.15, 0.2) is 0 Å². The normalized spacial score (nSPS) is 8.09. The smallest absolute Gasteiger partial charge is 0.330 e. The van der Waals surface area contributed by atoms with Crippen LogP contribution in [0, 0.1) is 34.6 Å². The van der Waals surface area contributed by atoms with Crippen molar-refractivity contribution in [1.82, 2.24) is 0 Å². The molecule has 6 nitrogen and oxygen atoms in total. The van der Waals surface area contributed by atoms with E-state index in [-0.39, 0.29) is 0 Å². The van der Waals surface area contributed by atoms with E-state index < -0.39 is 6.72 Å². The van der Waals surface area contributed by atoms with Crippen molar-refractivity contribution in [3.05, 3.63) is 0 Å². The lowest BCUT2D eigenvalue weighted by Crippen LogP contribution is -1.87. The van der Waals surface area contributed by atoms with Gasteiger partial charge in [-0.25, -0.2) is 0 Å². The predicted molar refractivity (Wildman–Crippen MR) is 34.4 cm³/mol. The molecule has 0 rings (SSSR count). The Labute approximate surface area is 67.4 Å². The maximum atomic E-state index is 7.97. The minimum atomic E-state index is -3.47. The second-order valence-electron chi connectivity index (χ2n) is 0.995. The van der Waals surface area contributed by atoms with Crippen molar-refractivity contribution in [2.24, 2.45) is 0 Å². The molecule has 0 heterocycles. The zero-order chi connectivity index (χ0) is 8.74. The number of hydrogen-bond donors (Lipinski definition) is 0. The van der Waals surface area contributed by atoms with Crippen LogP contribution in [0.2, 0.25) is 0 Å². The van der Waals surface area contributed by atoms with E-state index >= 15 is 0 Å². The SMILES string of the molecule is N#COP(=S)(OC#N)OC#N. The predicted octanol–water partition coefficient (Wildman–Crippen LogP) is 0.704. The van der Waals surface area contributed by atoms with Gasteiger partial charge in [0.1, 0.15) is 0 Å². The molecule has 0 aliphatic carbocycles. The molecule has 0 N–H and O–H groups in total. The summed E-state index contributed by atoms with van der Waals surface area (Å²) in [7, 11) is 0. The lowest BCUT2D eigenvalue weighted by Gasteiger charge is -2.06. The Morgan fingerprint density at radius 1 is 0.909 bits per heavy atom. The summed E-state index contributed by atoms with van der Waals surface area (Å²) in [5.41, 5.74) is 0. The molecular formula is C3N3O3PS. The lowest BCUT2D eigenvalue weighted by molar-refractivity contribution is 0.326. The van der Waals surface area contributed by atoms with E-state index in [4.69, 9.17) is 15.8 Å². The third-order valence-electron chi connectivity index (χ3n) is 0.458. The molecule has 0 aromatic heterocycles. The van der Waals surface area contributed by atoms with Gasteiger partial charge in [0, 0.05) is 11.8 Å². The Balaban J connectivity index is 4.34. The zero-order valence-corrected chi connectivity index (χ0v) is 6.63. The van der Waals surface area contributed by atoms with E-state index in [1.165, 1.54) is 18.8 Å². The van der Waals surface area contributed by atoms with Gasteiger partial charge in [0.15, 0.2) is 0 Å². The second kappa shape index (κ2) is 4.35. The minimum Gasteiger partial charge on any atom is -0.330 e. The molecule has 8 heteroatoms. The molecule has 0 aromatic carbocycles. The first kappa shape index (κ1) is 9.52. The van der Waals surface area contributed by atoms with Crippen molar-refractivity contribution in [1.29, 1.82) is 15.8 Å². The van der Waals surface area contributed by atoms with Gasteiger partial charge in [-0.1, -0.05) is 0 Å². The Bertz CT molecular complexity index is 249. The van der Waals surface area contributed by atoms with E-state index in [0.717, 1.165) is 0 Å². The molecule has 0 aromatic rings. The molecule has 0 fully saturated rings. The Hall–Kier alpha value is -1.48. The fourth-order valence-corrected chi connectivity index (χ4v) is 0.918. The summed E-state index contributed by atoms with van der Waals surface area (Å²) in [5.74, 6) is 0. The molecule has 0 atom stereocenters. The number of rotatable bonds is 3. The van der Waals surface area contributed by atoms with Crippen molar-refractivity contribution in [3.63, 3.8) is 0 Å². The summed E-state index contributed by atoms with van der Waals surface area (Å²) in [5, 5.41) is 23.9. The fourth-order valence-electron chi connectivity index (χ4n) is 0.206. The molecule has 0 amide bonds. The van der Waals surface area contributed by atoms with Crippen LogP contribution in [0.25, 0.3) is 0 Å². The average molecular weight is 189 g/mol. The van der Waals surface area contributed by atoms with Gasteiger partial charge in [0.2, 0.25) is 0 Å². The van der Waals surface area contributed by atoms with Gasteiger partial charge in [-0.05, 0) is 0 Å². The molecule has 0 aliphatic rings. The van der Waals surface area contributed by atoms with E-state index in [1.807, 2.05) is 0 Å². The summed E-state index contributed by atoms with van der Waals surface area (Å²) in [6.45, 7) is -3.47. The summed E-state index contributed by atoms with van der Waals surface area (Å²) in [6, 6.07) is 0. The number of nitrogens with zero attached hydrogens (tertiary/aromatic N) is 3. The first-order valence-electron chi connectivity index (χ1n) is 2.01.